The average Bonchev–Trinajstić information content (AvgIpc) is 3.11. The second-order valence-electron chi connectivity index (χ2n) is 14.3. The van der Waals surface area contributed by atoms with E-state index in [1.54, 1.807) is 0 Å². The Morgan fingerprint density at radius 3 is 1.37 bits per heavy atom. The fraction of sp³-hybridized carbons (Fsp3) is 0.837. The van der Waals surface area contributed by atoms with Gasteiger partial charge in [0.1, 0.15) is 12.2 Å². The minimum Gasteiger partial charge on any atom is -0.394 e. The third kappa shape index (κ3) is 32.2. The van der Waals surface area contributed by atoms with Crippen molar-refractivity contribution in [2.45, 2.75) is 224 Å². The van der Waals surface area contributed by atoms with Crippen LogP contribution < -0.4 is 5.32 Å². The summed E-state index contributed by atoms with van der Waals surface area (Å²) in [7, 11) is 0. The number of hydrogen-bond acceptors (Lipinski definition) is 5. The molecule has 0 aliphatic carbocycles. The number of rotatable bonds is 37. The summed E-state index contributed by atoms with van der Waals surface area (Å²) >= 11 is 0. The van der Waals surface area contributed by atoms with Crippen LogP contribution in [0, 0.1) is 0 Å². The number of hydrogen-bond donors (Lipinski definition) is 5. The molecule has 4 unspecified atom stereocenters. The highest BCUT2D eigenvalue weighted by Gasteiger charge is 2.28. The Hall–Kier alpha value is -1.47. The molecule has 0 aliphatic rings. The Kier molecular flexibility index (Phi) is 36.6. The van der Waals surface area contributed by atoms with Crippen molar-refractivity contribution in [2.24, 2.45) is 0 Å². The zero-order chi connectivity index (χ0) is 36.0. The monoisotopic (exact) mass is 692 g/mol. The predicted molar refractivity (Wildman–Crippen MR) is 210 cm³/mol. The first-order valence-corrected chi connectivity index (χ1v) is 20.9. The van der Waals surface area contributed by atoms with Gasteiger partial charge in [-0.3, -0.25) is 4.79 Å². The van der Waals surface area contributed by atoms with Gasteiger partial charge in [0.05, 0.1) is 18.8 Å². The molecular formula is C43H81NO5. The first-order valence-electron chi connectivity index (χ1n) is 20.9. The molecular weight excluding hydrogens is 610 g/mol. The minimum atomic E-state index is -1.28. The fourth-order valence-corrected chi connectivity index (χ4v) is 6.20. The lowest BCUT2D eigenvalue weighted by molar-refractivity contribution is -0.132. The van der Waals surface area contributed by atoms with Crippen LogP contribution in [0.25, 0.3) is 0 Å². The van der Waals surface area contributed by atoms with Crippen LogP contribution in [0.1, 0.15) is 200 Å². The van der Waals surface area contributed by atoms with Crippen LogP contribution in [-0.2, 0) is 4.79 Å². The number of unbranched alkanes of at least 4 members (excludes halogenated alkanes) is 22. The number of carbonyl (C=O) groups is 1. The third-order valence-electron chi connectivity index (χ3n) is 9.57. The van der Waals surface area contributed by atoms with Crippen LogP contribution >= 0.6 is 0 Å². The number of nitrogens with one attached hydrogen (secondary N) is 1. The van der Waals surface area contributed by atoms with Crippen LogP contribution in [0.3, 0.4) is 0 Å². The lowest BCUT2D eigenvalue weighted by Gasteiger charge is -2.27. The first-order chi connectivity index (χ1) is 24.0. The van der Waals surface area contributed by atoms with Crippen molar-refractivity contribution in [3.63, 3.8) is 0 Å². The summed E-state index contributed by atoms with van der Waals surface area (Å²) < 4.78 is 0. The van der Waals surface area contributed by atoms with Gasteiger partial charge in [-0.15, -0.1) is 0 Å². The third-order valence-corrected chi connectivity index (χ3v) is 9.57. The smallest absolute Gasteiger partial charge is 0.249 e. The quantitative estimate of drug-likeness (QED) is 0.0329. The van der Waals surface area contributed by atoms with Crippen molar-refractivity contribution >= 4 is 5.91 Å². The highest BCUT2D eigenvalue weighted by molar-refractivity contribution is 5.80. The summed E-state index contributed by atoms with van der Waals surface area (Å²) in [5, 5.41) is 43.4. The van der Waals surface area contributed by atoms with Crippen molar-refractivity contribution in [2.75, 3.05) is 6.61 Å². The molecule has 6 heteroatoms. The van der Waals surface area contributed by atoms with Gasteiger partial charge in [0, 0.05) is 0 Å². The summed E-state index contributed by atoms with van der Waals surface area (Å²) in [5.74, 6) is -0.601. The Morgan fingerprint density at radius 1 is 0.510 bits per heavy atom. The molecule has 0 heterocycles. The van der Waals surface area contributed by atoms with Crippen LogP contribution in [0.4, 0.5) is 0 Å². The molecule has 0 bridgehead atoms. The van der Waals surface area contributed by atoms with Gasteiger partial charge in [0.2, 0.25) is 5.91 Å². The topological polar surface area (TPSA) is 110 Å². The van der Waals surface area contributed by atoms with Crippen LogP contribution in [-0.4, -0.2) is 57.3 Å². The minimum absolute atomic E-state index is 0.355. The molecule has 4 atom stereocenters. The SMILES string of the molecule is CCCCCC/C=C/CCCC(O)C(O)C(CO)NC(=O)C(O)CCCCCCCCCC/C=C\C/C=C\CCCCCCCCCCC. The Bertz CT molecular complexity index is 782. The van der Waals surface area contributed by atoms with Crippen molar-refractivity contribution in [1.82, 2.24) is 5.32 Å². The largest absolute Gasteiger partial charge is 0.394 e. The van der Waals surface area contributed by atoms with Gasteiger partial charge in [-0.05, 0) is 70.6 Å². The molecule has 0 aromatic rings. The Morgan fingerprint density at radius 2 is 0.898 bits per heavy atom. The van der Waals surface area contributed by atoms with E-state index in [0.717, 1.165) is 44.9 Å². The molecule has 0 saturated carbocycles. The number of carbonyl (C=O) groups excluding carboxylic acids is 1. The van der Waals surface area contributed by atoms with E-state index in [1.807, 2.05) is 0 Å². The molecule has 0 spiro atoms. The van der Waals surface area contributed by atoms with Crippen molar-refractivity contribution in [1.29, 1.82) is 0 Å². The van der Waals surface area contributed by atoms with E-state index in [1.165, 1.54) is 122 Å². The standard InChI is InChI=1S/C43H81NO5/c1-3-5-7-9-11-13-14-15-16-17-18-19-20-21-22-23-24-25-26-27-29-31-33-35-37-41(47)43(49)44-39(38-45)42(48)40(46)36-34-32-30-28-12-10-8-6-4-2/h18-19,21-22,28,30,39-42,45-48H,3-17,20,23-27,29,31-38H2,1-2H3,(H,44,49)/b19-18-,22-21-,30-28+. The molecule has 49 heavy (non-hydrogen) atoms. The summed E-state index contributed by atoms with van der Waals surface area (Å²) in [6.45, 7) is 3.98. The molecule has 0 aliphatic heterocycles. The molecule has 6 nitrogen and oxygen atoms in total. The zero-order valence-electron chi connectivity index (χ0n) is 32.2. The molecule has 0 radical (unpaired) electrons. The number of aliphatic hydroxyl groups is 4. The van der Waals surface area contributed by atoms with E-state index in [2.05, 4.69) is 55.6 Å². The predicted octanol–water partition coefficient (Wildman–Crippen LogP) is 10.6. The molecule has 288 valence electrons. The van der Waals surface area contributed by atoms with Gasteiger partial charge >= 0.3 is 0 Å². The normalized spacial score (nSPS) is 14.7. The molecule has 0 rings (SSSR count). The summed E-state index contributed by atoms with van der Waals surface area (Å²) in [6, 6.07) is -1.00. The molecule has 0 aromatic carbocycles. The van der Waals surface area contributed by atoms with Gasteiger partial charge in [0.15, 0.2) is 0 Å². The lowest BCUT2D eigenvalue weighted by Crippen LogP contribution is -2.53. The number of amides is 1. The molecule has 5 N–H and O–H groups in total. The second-order valence-corrected chi connectivity index (χ2v) is 14.3. The number of aliphatic hydroxyl groups excluding tert-OH is 4. The average molecular weight is 692 g/mol. The van der Waals surface area contributed by atoms with Crippen LogP contribution in [0.5, 0.6) is 0 Å². The molecule has 1 amide bonds. The maximum absolute atomic E-state index is 12.4. The summed E-state index contributed by atoms with van der Waals surface area (Å²) in [6.07, 6.45) is 43.3. The van der Waals surface area contributed by atoms with E-state index in [0.29, 0.717) is 19.3 Å². The van der Waals surface area contributed by atoms with Gasteiger partial charge in [0.25, 0.3) is 0 Å². The van der Waals surface area contributed by atoms with E-state index < -0.39 is 36.9 Å². The van der Waals surface area contributed by atoms with Gasteiger partial charge in [-0.25, -0.2) is 0 Å². The Balaban J connectivity index is 3.73. The lowest BCUT2D eigenvalue weighted by atomic mass is 10.00. The van der Waals surface area contributed by atoms with Crippen LogP contribution in [0.2, 0.25) is 0 Å². The van der Waals surface area contributed by atoms with Crippen molar-refractivity contribution in [3.8, 4) is 0 Å². The highest BCUT2D eigenvalue weighted by atomic mass is 16.3. The van der Waals surface area contributed by atoms with E-state index in [4.69, 9.17) is 0 Å². The Labute approximate surface area is 303 Å². The first kappa shape index (κ1) is 47.5. The van der Waals surface area contributed by atoms with E-state index >= 15 is 0 Å². The van der Waals surface area contributed by atoms with Crippen LogP contribution in [0.15, 0.2) is 36.5 Å². The summed E-state index contributed by atoms with van der Waals surface area (Å²) in [4.78, 5) is 12.4. The van der Waals surface area contributed by atoms with Gasteiger partial charge in [-0.2, -0.15) is 0 Å². The van der Waals surface area contributed by atoms with Crippen molar-refractivity contribution < 1.29 is 25.2 Å². The molecule has 0 fully saturated rings. The number of allylic oxidation sites excluding steroid dienone is 6. The second kappa shape index (κ2) is 37.8. The highest BCUT2D eigenvalue weighted by Crippen LogP contribution is 2.14. The fourth-order valence-electron chi connectivity index (χ4n) is 6.20. The van der Waals surface area contributed by atoms with Crippen molar-refractivity contribution in [3.05, 3.63) is 36.5 Å². The maximum atomic E-state index is 12.4. The van der Waals surface area contributed by atoms with Gasteiger partial charge in [-0.1, -0.05) is 166 Å². The molecule has 0 aromatic heterocycles. The molecule has 0 saturated heterocycles. The van der Waals surface area contributed by atoms with E-state index in [-0.39, 0.29) is 0 Å². The van der Waals surface area contributed by atoms with E-state index in [9.17, 15) is 25.2 Å². The summed E-state index contributed by atoms with van der Waals surface area (Å²) in [5.41, 5.74) is 0. The zero-order valence-corrected chi connectivity index (χ0v) is 32.2. The maximum Gasteiger partial charge on any atom is 0.249 e. The van der Waals surface area contributed by atoms with Gasteiger partial charge < -0.3 is 25.7 Å².